The second-order valence-corrected chi connectivity index (χ2v) is 4.48. The molecule has 0 fully saturated rings. The van der Waals surface area contributed by atoms with E-state index in [2.05, 4.69) is 24.1 Å². The molecule has 0 aliphatic heterocycles. The largest absolute Gasteiger partial charge is 0.338 e. The van der Waals surface area contributed by atoms with Crippen LogP contribution in [0.4, 0.5) is 4.79 Å². The number of nitrogens with one attached hydrogen (secondary N) is 1. The highest BCUT2D eigenvalue weighted by atomic mass is 16.2. The van der Waals surface area contributed by atoms with E-state index in [1.807, 2.05) is 25.9 Å². The van der Waals surface area contributed by atoms with E-state index in [1.165, 1.54) is 0 Å². The van der Waals surface area contributed by atoms with Gasteiger partial charge in [-0.3, -0.25) is 0 Å². The van der Waals surface area contributed by atoms with E-state index in [0.29, 0.717) is 0 Å². The molecule has 16 heavy (non-hydrogen) atoms. The molecule has 0 aromatic heterocycles. The van der Waals surface area contributed by atoms with Gasteiger partial charge in [0.05, 0.1) is 0 Å². The Morgan fingerprint density at radius 2 is 1.94 bits per heavy atom. The lowest BCUT2D eigenvalue weighted by Crippen LogP contribution is -2.48. The number of carbonyl (C=O) groups excluding carboxylic acids is 1. The number of unbranched alkanes of at least 4 members (excludes halogenated alkanes) is 1. The average molecular weight is 229 g/mol. The zero-order valence-corrected chi connectivity index (χ0v) is 11.4. The van der Waals surface area contributed by atoms with Crippen LogP contribution in [0.2, 0.25) is 0 Å². The Labute approximate surface area is 100.0 Å². The number of hydrogen-bond acceptors (Lipinski definition) is 2. The minimum absolute atomic E-state index is 0.0605. The molecule has 0 radical (unpaired) electrons. The maximum atomic E-state index is 11.9. The molecule has 1 unspecified atom stereocenters. The Balaban J connectivity index is 4.09. The van der Waals surface area contributed by atoms with Gasteiger partial charge in [-0.25, -0.2) is 4.79 Å². The van der Waals surface area contributed by atoms with Gasteiger partial charge in [-0.05, 0) is 34.4 Å². The Morgan fingerprint density at radius 3 is 2.38 bits per heavy atom. The van der Waals surface area contributed by atoms with E-state index in [4.69, 9.17) is 0 Å². The topological polar surface area (TPSA) is 35.6 Å². The van der Waals surface area contributed by atoms with Crippen molar-refractivity contribution in [3.63, 3.8) is 0 Å². The van der Waals surface area contributed by atoms with Crippen molar-refractivity contribution < 1.29 is 4.79 Å². The molecule has 0 spiro atoms. The molecule has 0 saturated carbocycles. The van der Waals surface area contributed by atoms with Crippen molar-refractivity contribution >= 4 is 6.03 Å². The fourth-order valence-corrected chi connectivity index (χ4v) is 1.76. The van der Waals surface area contributed by atoms with Crippen molar-refractivity contribution in [2.45, 2.75) is 39.7 Å². The van der Waals surface area contributed by atoms with Crippen LogP contribution in [0.25, 0.3) is 0 Å². The zero-order valence-electron chi connectivity index (χ0n) is 11.4. The molecule has 4 nitrogen and oxygen atoms in total. The van der Waals surface area contributed by atoms with Crippen LogP contribution in [0.15, 0.2) is 0 Å². The summed E-state index contributed by atoms with van der Waals surface area (Å²) >= 11 is 0. The number of likely N-dealkylation sites (N-methyl/N-ethyl adjacent to an activating group) is 2. The quantitative estimate of drug-likeness (QED) is 0.675. The molecule has 1 atom stereocenters. The lowest BCUT2D eigenvalue weighted by molar-refractivity contribution is 0.169. The van der Waals surface area contributed by atoms with Crippen LogP contribution in [-0.2, 0) is 0 Å². The number of rotatable bonds is 7. The Morgan fingerprint density at radius 1 is 1.31 bits per heavy atom. The lowest BCUT2D eigenvalue weighted by Gasteiger charge is -2.30. The van der Waals surface area contributed by atoms with E-state index < -0.39 is 0 Å². The molecular weight excluding hydrogens is 202 g/mol. The molecule has 96 valence electrons. The summed E-state index contributed by atoms with van der Waals surface area (Å²) in [5.41, 5.74) is 0. The first kappa shape index (κ1) is 15.2. The van der Waals surface area contributed by atoms with Gasteiger partial charge in [-0.1, -0.05) is 13.3 Å². The van der Waals surface area contributed by atoms with Gasteiger partial charge in [0.15, 0.2) is 0 Å². The van der Waals surface area contributed by atoms with Crippen LogP contribution < -0.4 is 5.32 Å². The van der Waals surface area contributed by atoms with Gasteiger partial charge < -0.3 is 15.1 Å². The van der Waals surface area contributed by atoms with Crippen molar-refractivity contribution in [1.29, 1.82) is 0 Å². The summed E-state index contributed by atoms with van der Waals surface area (Å²) in [6.45, 7) is 8.66. The highest BCUT2D eigenvalue weighted by Gasteiger charge is 2.17. The molecule has 4 heteroatoms. The van der Waals surface area contributed by atoms with Crippen LogP contribution >= 0.6 is 0 Å². The number of nitrogens with zero attached hydrogens (tertiary/aromatic N) is 2. The van der Waals surface area contributed by atoms with E-state index in [-0.39, 0.29) is 12.1 Å². The van der Waals surface area contributed by atoms with Gasteiger partial charge in [-0.15, -0.1) is 0 Å². The summed E-state index contributed by atoms with van der Waals surface area (Å²) in [5.74, 6) is 0. The number of carbonyl (C=O) groups is 1. The highest BCUT2D eigenvalue weighted by molar-refractivity contribution is 5.74. The molecule has 0 aliphatic carbocycles. The third kappa shape index (κ3) is 5.95. The number of urea groups is 1. The van der Waals surface area contributed by atoms with Gasteiger partial charge in [0.25, 0.3) is 0 Å². The Bertz CT molecular complexity index is 195. The zero-order chi connectivity index (χ0) is 12.6. The number of amides is 2. The van der Waals surface area contributed by atoms with E-state index in [9.17, 15) is 4.79 Å². The molecular formula is C12H27N3O. The van der Waals surface area contributed by atoms with Crippen molar-refractivity contribution in [2.75, 3.05) is 33.7 Å². The minimum atomic E-state index is 0.0605. The summed E-state index contributed by atoms with van der Waals surface area (Å²) in [4.78, 5) is 15.9. The summed E-state index contributed by atoms with van der Waals surface area (Å²) in [5, 5.41) is 2.96. The number of hydrogen-bond donors (Lipinski definition) is 1. The third-order valence-corrected chi connectivity index (χ3v) is 2.57. The van der Waals surface area contributed by atoms with Gasteiger partial charge in [-0.2, -0.15) is 0 Å². The maximum Gasteiger partial charge on any atom is 0.317 e. The predicted octanol–water partition coefficient (Wildman–Crippen LogP) is 1.77. The first-order chi connectivity index (χ1) is 7.52. The van der Waals surface area contributed by atoms with E-state index in [1.54, 1.807) is 0 Å². The Hall–Kier alpha value is -0.770. The second kappa shape index (κ2) is 8.39. The van der Waals surface area contributed by atoms with Crippen LogP contribution in [-0.4, -0.2) is 55.6 Å². The first-order valence-corrected chi connectivity index (χ1v) is 6.22. The smallest absolute Gasteiger partial charge is 0.317 e. The van der Waals surface area contributed by atoms with Crippen molar-refractivity contribution in [1.82, 2.24) is 15.1 Å². The van der Waals surface area contributed by atoms with Crippen LogP contribution in [0.3, 0.4) is 0 Å². The van der Waals surface area contributed by atoms with E-state index in [0.717, 1.165) is 32.5 Å². The molecule has 0 aromatic carbocycles. The predicted molar refractivity (Wildman–Crippen MR) is 68.7 cm³/mol. The van der Waals surface area contributed by atoms with Gasteiger partial charge in [0, 0.05) is 25.7 Å². The fraction of sp³-hybridized carbons (Fsp3) is 0.917. The third-order valence-electron chi connectivity index (χ3n) is 2.57. The highest BCUT2D eigenvalue weighted by Crippen LogP contribution is 2.01. The van der Waals surface area contributed by atoms with Crippen molar-refractivity contribution in [3.8, 4) is 0 Å². The van der Waals surface area contributed by atoms with Gasteiger partial charge in [0.1, 0.15) is 0 Å². The molecule has 0 rings (SSSR count). The molecule has 0 aliphatic rings. The Kier molecular flexibility index (Phi) is 7.99. The van der Waals surface area contributed by atoms with Crippen molar-refractivity contribution in [2.24, 2.45) is 0 Å². The monoisotopic (exact) mass is 229 g/mol. The van der Waals surface area contributed by atoms with Crippen LogP contribution in [0.1, 0.15) is 33.6 Å². The van der Waals surface area contributed by atoms with E-state index >= 15 is 0 Å². The lowest BCUT2D eigenvalue weighted by atomic mass is 10.2. The molecule has 0 bridgehead atoms. The first-order valence-electron chi connectivity index (χ1n) is 6.22. The van der Waals surface area contributed by atoms with Gasteiger partial charge >= 0.3 is 6.03 Å². The molecule has 0 saturated heterocycles. The maximum absolute atomic E-state index is 11.9. The summed E-state index contributed by atoms with van der Waals surface area (Å²) in [7, 11) is 4.05. The second-order valence-electron chi connectivity index (χ2n) is 4.48. The average Bonchev–Trinajstić information content (AvgIpc) is 2.18. The molecule has 0 aromatic rings. The minimum Gasteiger partial charge on any atom is -0.338 e. The fourth-order valence-electron chi connectivity index (χ4n) is 1.76. The molecule has 0 heterocycles. The normalized spacial score (nSPS) is 12.6. The molecule has 1 N–H and O–H groups in total. The standard InChI is InChI=1S/C12H27N3O/c1-6-8-9-13-12(16)15(7-2)11(3)10-14(4)5/h11H,6-10H2,1-5H3,(H,13,16). The summed E-state index contributed by atoms with van der Waals surface area (Å²) in [6.07, 6.45) is 2.16. The SMILES string of the molecule is CCCCNC(=O)N(CC)C(C)CN(C)C. The van der Waals surface area contributed by atoms with Crippen molar-refractivity contribution in [3.05, 3.63) is 0 Å². The molecule has 2 amide bonds. The van der Waals surface area contributed by atoms with Crippen LogP contribution in [0, 0.1) is 0 Å². The van der Waals surface area contributed by atoms with Gasteiger partial charge in [0.2, 0.25) is 0 Å². The van der Waals surface area contributed by atoms with Crippen LogP contribution in [0.5, 0.6) is 0 Å². The summed E-state index contributed by atoms with van der Waals surface area (Å²) < 4.78 is 0. The summed E-state index contributed by atoms with van der Waals surface area (Å²) in [6, 6.07) is 0.312.